The summed E-state index contributed by atoms with van der Waals surface area (Å²) in [5.41, 5.74) is 1.41. The first-order valence-corrected chi connectivity index (χ1v) is 3.35. The average molecular weight is 232 g/mol. The van der Waals surface area contributed by atoms with Crippen molar-refractivity contribution in [3.8, 4) is 0 Å². The Morgan fingerprint density at radius 1 is 0.909 bits per heavy atom. The molecule has 0 saturated heterocycles. The summed E-state index contributed by atoms with van der Waals surface area (Å²) >= 11 is 0. The van der Waals surface area contributed by atoms with E-state index in [2.05, 4.69) is 38.1 Å². The van der Waals surface area contributed by atoms with Gasteiger partial charge in [-0.05, 0) is 11.5 Å². The molecule has 0 unspecified atom stereocenters. The van der Waals surface area contributed by atoms with Crippen molar-refractivity contribution in [1.82, 2.24) is 0 Å². The molecule has 11 heavy (non-hydrogen) atoms. The summed E-state index contributed by atoms with van der Waals surface area (Å²) in [5.74, 6) is 0.659. The van der Waals surface area contributed by atoms with E-state index >= 15 is 0 Å². The molecule has 0 aromatic heterocycles. The third-order valence-corrected chi connectivity index (χ3v) is 1.47. The summed E-state index contributed by atoms with van der Waals surface area (Å²) in [4.78, 5) is 0. The first-order valence-electron chi connectivity index (χ1n) is 3.35. The van der Waals surface area contributed by atoms with Gasteiger partial charge in [0, 0.05) is 34.1 Å². The molecule has 1 rings (SSSR count). The van der Waals surface area contributed by atoms with E-state index in [0.717, 1.165) is 0 Å². The van der Waals surface area contributed by atoms with Gasteiger partial charge in [0.15, 0.2) is 0 Å². The van der Waals surface area contributed by atoms with Gasteiger partial charge in [-0.2, -0.15) is 0 Å². The van der Waals surface area contributed by atoms with Crippen molar-refractivity contribution < 1.29 is 34.1 Å². The summed E-state index contributed by atoms with van der Waals surface area (Å²) < 4.78 is 0. The van der Waals surface area contributed by atoms with Gasteiger partial charge in [-0.15, -0.1) is 0 Å². The predicted octanol–water partition coefficient (Wildman–Crippen LogP) is 2.81. The van der Waals surface area contributed by atoms with Crippen molar-refractivity contribution in [2.75, 3.05) is 0 Å². The summed E-state index contributed by atoms with van der Waals surface area (Å²) in [5, 5.41) is 0. The largest absolute Gasteiger partial charge is 0.0622 e. The number of benzene rings is 1. The second-order valence-electron chi connectivity index (χ2n) is 2.57. The third kappa shape index (κ3) is 4.66. The maximum Gasteiger partial charge on any atom is 0 e. The van der Waals surface area contributed by atoms with Crippen molar-refractivity contribution in [2.45, 2.75) is 19.8 Å². The first kappa shape index (κ1) is 13.8. The Labute approximate surface area is 89.7 Å². The van der Waals surface area contributed by atoms with Gasteiger partial charge in [-0.25, -0.2) is 0 Å². The Kier molecular flexibility index (Phi) is 8.72. The fourth-order valence-electron chi connectivity index (χ4n) is 0.838. The van der Waals surface area contributed by atoms with Crippen molar-refractivity contribution in [1.29, 1.82) is 0 Å². The predicted molar refractivity (Wildman–Crippen MR) is 40.5 cm³/mol. The van der Waals surface area contributed by atoms with Crippen LogP contribution in [-0.2, 0) is 34.1 Å². The number of hydrogen-bond acceptors (Lipinski definition) is 0. The van der Waals surface area contributed by atoms with Crippen LogP contribution in [0.3, 0.4) is 0 Å². The average Bonchev–Trinajstić information content (AvgIpc) is 1.90. The van der Waals surface area contributed by atoms with E-state index in [1.54, 1.807) is 0 Å². The molecule has 0 fully saturated rings. The molecule has 0 spiro atoms. The molecule has 0 heterocycles. The molecular formula is C9H12Fe2. The zero-order valence-electron chi connectivity index (χ0n) is 6.67. The smallest absolute Gasteiger partial charge is 0 e. The van der Waals surface area contributed by atoms with Crippen molar-refractivity contribution in [3.63, 3.8) is 0 Å². The quantitative estimate of drug-likeness (QED) is 0.653. The molecule has 0 N–H and O–H groups in total. The van der Waals surface area contributed by atoms with Crippen LogP contribution in [0.15, 0.2) is 30.3 Å². The summed E-state index contributed by atoms with van der Waals surface area (Å²) in [7, 11) is 0. The van der Waals surface area contributed by atoms with Crippen LogP contribution in [0.5, 0.6) is 0 Å². The molecule has 2 heteroatoms. The van der Waals surface area contributed by atoms with Gasteiger partial charge in [0.05, 0.1) is 0 Å². The Balaban J connectivity index is 0. The van der Waals surface area contributed by atoms with Gasteiger partial charge in [-0.1, -0.05) is 44.2 Å². The second kappa shape index (κ2) is 6.94. The monoisotopic (exact) mass is 232 g/mol. The summed E-state index contributed by atoms with van der Waals surface area (Å²) in [6, 6.07) is 10.5. The standard InChI is InChI=1S/C9H12.2Fe/c1-8(2)9-6-4-3-5-7-9;;/h3-8H,1-2H3;;. The molecule has 0 atom stereocenters. The molecule has 1 aromatic rings. The molecule has 0 bridgehead atoms. The Morgan fingerprint density at radius 2 is 1.36 bits per heavy atom. The zero-order valence-corrected chi connectivity index (χ0v) is 8.88. The minimum Gasteiger partial charge on any atom is -0.0622 e. The number of hydrogen-bond donors (Lipinski definition) is 0. The maximum atomic E-state index is 2.20. The molecule has 0 aliphatic carbocycles. The van der Waals surface area contributed by atoms with Gasteiger partial charge in [-0.3, -0.25) is 0 Å². The van der Waals surface area contributed by atoms with Crippen molar-refractivity contribution >= 4 is 0 Å². The van der Waals surface area contributed by atoms with E-state index in [0.29, 0.717) is 5.92 Å². The van der Waals surface area contributed by atoms with Gasteiger partial charge < -0.3 is 0 Å². The van der Waals surface area contributed by atoms with Crippen molar-refractivity contribution in [2.24, 2.45) is 0 Å². The molecule has 0 nitrogen and oxygen atoms in total. The third-order valence-electron chi connectivity index (χ3n) is 1.47. The minimum atomic E-state index is 0. The molecule has 0 aliphatic rings. The topological polar surface area (TPSA) is 0 Å². The molecule has 0 amide bonds. The van der Waals surface area contributed by atoms with Crippen LogP contribution in [0.2, 0.25) is 0 Å². The molecular weight excluding hydrogens is 220 g/mol. The van der Waals surface area contributed by atoms with Crippen molar-refractivity contribution in [3.05, 3.63) is 35.9 Å². The van der Waals surface area contributed by atoms with Crippen LogP contribution in [-0.4, -0.2) is 0 Å². The second-order valence-corrected chi connectivity index (χ2v) is 2.57. The van der Waals surface area contributed by atoms with Crippen LogP contribution >= 0.6 is 0 Å². The van der Waals surface area contributed by atoms with E-state index < -0.39 is 0 Å². The van der Waals surface area contributed by atoms with E-state index in [1.807, 2.05) is 6.07 Å². The minimum absolute atomic E-state index is 0. The summed E-state index contributed by atoms with van der Waals surface area (Å²) in [6.07, 6.45) is 0. The van der Waals surface area contributed by atoms with Gasteiger partial charge >= 0.3 is 0 Å². The van der Waals surface area contributed by atoms with E-state index in [4.69, 9.17) is 0 Å². The van der Waals surface area contributed by atoms with Crippen LogP contribution in [0.25, 0.3) is 0 Å². The maximum absolute atomic E-state index is 2.20. The molecule has 0 saturated carbocycles. The van der Waals surface area contributed by atoms with Crippen LogP contribution in [0.1, 0.15) is 25.3 Å². The van der Waals surface area contributed by atoms with Crippen LogP contribution < -0.4 is 0 Å². The Bertz CT molecular complexity index is 170. The Morgan fingerprint density at radius 3 is 1.64 bits per heavy atom. The van der Waals surface area contributed by atoms with E-state index in [1.165, 1.54) is 5.56 Å². The van der Waals surface area contributed by atoms with Crippen LogP contribution in [0.4, 0.5) is 0 Å². The van der Waals surface area contributed by atoms with E-state index in [-0.39, 0.29) is 34.1 Å². The van der Waals surface area contributed by atoms with E-state index in [9.17, 15) is 0 Å². The fourth-order valence-corrected chi connectivity index (χ4v) is 0.838. The molecule has 0 radical (unpaired) electrons. The number of rotatable bonds is 1. The van der Waals surface area contributed by atoms with Gasteiger partial charge in [0.1, 0.15) is 0 Å². The normalized spacial score (nSPS) is 8.27. The fraction of sp³-hybridized carbons (Fsp3) is 0.333. The molecule has 1 aromatic carbocycles. The van der Waals surface area contributed by atoms with Gasteiger partial charge in [0.25, 0.3) is 0 Å². The zero-order chi connectivity index (χ0) is 6.69. The van der Waals surface area contributed by atoms with Gasteiger partial charge in [0.2, 0.25) is 0 Å². The summed E-state index contributed by atoms with van der Waals surface area (Å²) in [6.45, 7) is 4.41. The SMILES string of the molecule is CC(C)c1ccccc1.[Fe].[Fe]. The van der Waals surface area contributed by atoms with Crippen LogP contribution in [0, 0.1) is 0 Å². The first-order chi connectivity index (χ1) is 4.30. The molecule has 64 valence electrons. The molecule has 0 aliphatic heterocycles. The Hall–Kier alpha value is 0.259.